The first-order valence-corrected chi connectivity index (χ1v) is 6.40. The summed E-state index contributed by atoms with van der Waals surface area (Å²) in [7, 11) is 3.28. The molecule has 2 atom stereocenters. The van der Waals surface area contributed by atoms with Gasteiger partial charge in [-0.05, 0) is 30.5 Å². The first-order valence-electron chi connectivity index (χ1n) is 5.60. The van der Waals surface area contributed by atoms with Crippen molar-refractivity contribution < 1.29 is 14.6 Å². The molecule has 0 aliphatic rings. The lowest BCUT2D eigenvalue weighted by Gasteiger charge is -2.21. The van der Waals surface area contributed by atoms with Gasteiger partial charge in [-0.1, -0.05) is 22.9 Å². The lowest BCUT2D eigenvalue weighted by Crippen LogP contribution is -2.12. The highest BCUT2D eigenvalue weighted by molar-refractivity contribution is 9.10. The third kappa shape index (κ3) is 3.98. The van der Waals surface area contributed by atoms with Gasteiger partial charge in [0.05, 0.1) is 13.2 Å². The van der Waals surface area contributed by atoms with Gasteiger partial charge >= 0.3 is 0 Å². The van der Waals surface area contributed by atoms with Gasteiger partial charge in [-0.25, -0.2) is 0 Å². The Morgan fingerprint density at radius 1 is 1.35 bits per heavy atom. The lowest BCUT2D eigenvalue weighted by molar-refractivity contribution is 0.0865. The van der Waals surface area contributed by atoms with Crippen LogP contribution in [0.15, 0.2) is 22.7 Å². The SMILES string of the molecule is COCCC(C)C(O)c1cc(Br)ccc1OC. The molecule has 4 heteroatoms. The molecule has 1 rings (SSSR count). The molecule has 0 saturated carbocycles. The highest BCUT2D eigenvalue weighted by atomic mass is 79.9. The largest absolute Gasteiger partial charge is 0.496 e. The second-order valence-corrected chi connectivity index (χ2v) is 5.01. The summed E-state index contributed by atoms with van der Waals surface area (Å²) >= 11 is 3.40. The van der Waals surface area contributed by atoms with Crippen molar-refractivity contribution in [2.75, 3.05) is 20.8 Å². The van der Waals surface area contributed by atoms with Crippen molar-refractivity contribution in [1.29, 1.82) is 0 Å². The predicted molar refractivity (Wildman–Crippen MR) is 71.3 cm³/mol. The average molecular weight is 303 g/mol. The minimum atomic E-state index is -0.544. The minimum Gasteiger partial charge on any atom is -0.496 e. The Kier molecular flexibility index (Phi) is 5.95. The fourth-order valence-corrected chi connectivity index (χ4v) is 2.08. The molecule has 0 saturated heterocycles. The Hall–Kier alpha value is -0.580. The summed E-state index contributed by atoms with van der Waals surface area (Å²) in [5.41, 5.74) is 0.811. The van der Waals surface area contributed by atoms with Crippen LogP contribution in [-0.4, -0.2) is 25.9 Å². The van der Waals surface area contributed by atoms with Gasteiger partial charge in [0.2, 0.25) is 0 Å². The molecule has 17 heavy (non-hydrogen) atoms. The predicted octanol–water partition coefficient (Wildman–Crippen LogP) is 3.16. The molecule has 0 aromatic heterocycles. The summed E-state index contributed by atoms with van der Waals surface area (Å²) in [4.78, 5) is 0. The number of methoxy groups -OCH3 is 2. The monoisotopic (exact) mass is 302 g/mol. The van der Waals surface area contributed by atoms with E-state index in [1.165, 1.54) is 0 Å². The van der Waals surface area contributed by atoms with E-state index in [0.29, 0.717) is 12.4 Å². The van der Waals surface area contributed by atoms with Gasteiger partial charge in [-0.2, -0.15) is 0 Å². The Balaban J connectivity index is 2.86. The van der Waals surface area contributed by atoms with Crippen molar-refractivity contribution in [3.8, 4) is 5.75 Å². The number of hydrogen-bond donors (Lipinski definition) is 1. The molecule has 0 aliphatic heterocycles. The number of benzene rings is 1. The zero-order chi connectivity index (χ0) is 12.8. The van der Waals surface area contributed by atoms with Crippen molar-refractivity contribution in [3.05, 3.63) is 28.2 Å². The van der Waals surface area contributed by atoms with Crippen LogP contribution >= 0.6 is 15.9 Å². The maximum atomic E-state index is 10.3. The third-order valence-electron chi connectivity index (χ3n) is 2.83. The average Bonchev–Trinajstić information content (AvgIpc) is 2.34. The van der Waals surface area contributed by atoms with Crippen LogP contribution in [0, 0.1) is 5.92 Å². The standard InChI is InChI=1S/C13H19BrO3/c1-9(6-7-16-2)13(15)11-8-10(14)4-5-12(11)17-3/h4-5,8-9,13,15H,6-7H2,1-3H3. The molecule has 0 fully saturated rings. The zero-order valence-corrected chi connectivity index (χ0v) is 12.0. The van der Waals surface area contributed by atoms with Crippen LogP contribution in [0.4, 0.5) is 0 Å². The first-order chi connectivity index (χ1) is 8.10. The van der Waals surface area contributed by atoms with Gasteiger partial charge in [-0.3, -0.25) is 0 Å². The fraction of sp³-hybridized carbons (Fsp3) is 0.538. The maximum Gasteiger partial charge on any atom is 0.124 e. The van der Waals surface area contributed by atoms with Gasteiger partial charge in [0.1, 0.15) is 5.75 Å². The van der Waals surface area contributed by atoms with E-state index in [0.717, 1.165) is 16.5 Å². The molecule has 96 valence electrons. The van der Waals surface area contributed by atoms with E-state index in [-0.39, 0.29) is 5.92 Å². The van der Waals surface area contributed by atoms with Gasteiger partial charge in [0.25, 0.3) is 0 Å². The smallest absolute Gasteiger partial charge is 0.124 e. The summed E-state index contributed by atoms with van der Waals surface area (Å²) in [5.74, 6) is 0.836. The molecule has 0 radical (unpaired) electrons. The van der Waals surface area contributed by atoms with Crippen LogP contribution in [0.5, 0.6) is 5.75 Å². The van der Waals surface area contributed by atoms with E-state index in [2.05, 4.69) is 15.9 Å². The molecule has 1 aromatic carbocycles. The molecule has 2 unspecified atom stereocenters. The molecular formula is C13H19BrO3. The van der Waals surface area contributed by atoms with Crippen molar-refractivity contribution in [2.24, 2.45) is 5.92 Å². The van der Waals surface area contributed by atoms with E-state index >= 15 is 0 Å². The second-order valence-electron chi connectivity index (χ2n) is 4.09. The molecule has 0 amide bonds. The van der Waals surface area contributed by atoms with Crippen molar-refractivity contribution >= 4 is 15.9 Å². The summed E-state index contributed by atoms with van der Waals surface area (Å²) < 4.78 is 11.2. The van der Waals surface area contributed by atoms with Crippen molar-refractivity contribution in [3.63, 3.8) is 0 Å². The van der Waals surface area contributed by atoms with Crippen LogP contribution in [0.2, 0.25) is 0 Å². The number of hydrogen-bond acceptors (Lipinski definition) is 3. The van der Waals surface area contributed by atoms with E-state index < -0.39 is 6.10 Å². The van der Waals surface area contributed by atoms with Gasteiger partial charge in [0, 0.05) is 23.8 Å². The first kappa shape index (κ1) is 14.5. The number of aliphatic hydroxyl groups excluding tert-OH is 1. The summed E-state index contributed by atoms with van der Waals surface area (Å²) in [6.45, 7) is 2.65. The number of ether oxygens (including phenoxy) is 2. The number of rotatable bonds is 6. The fourth-order valence-electron chi connectivity index (χ4n) is 1.70. The molecule has 3 nitrogen and oxygen atoms in total. The molecule has 0 heterocycles. The Labute approximate surface area is 111 Å². The highest BCUT2D eigenvalue weighted by Gasteiger charge is 2.20. The Morgan fingerprint density at radius 3 is 2.65 bits per heavy atom. The van der Waals surface area contributed by atoms with E-state index in [1.807, 2.05) is 25.1 Å². The third-order valence-corrected chi connectivity index (χ3v) is 3.32. The normalized spacial score (nSPS) is 14.4. The van der Waals surface area contributed by atoms with Crippen LogP contribution in [0.3, 0.4) is 0 Å². The van der Waals surface area contributed by atoms with Gasteiger partial charge in [0.15, 0.2) is 0 Å². The quantitative estimate of drug-likeness (QED) is 0.877. The van der Waals surface area contributed by atoms with Crippen LogP contribution in [0.25, 0.3) is 0 Å². The summed E-state index contributed by atoms with van der Waals surface area (Å²) in [6, 6.07) is 5.65. The van der Waals surface area contributed by atoms with E-state index in [9.17, 15) is 5.11 Å². The van der Waals surface area contributed by atoms with Gasteiger partial charge < -0.3 is 14.6 Å². The summed E-state index contributed by atoms with van der Waals surface area (Å²) in [5, 5.41) is 10.3. The Bertz CT molecular complexity index is 355. The molecule has 0 bridgehead atoms. The van der Waals surface area contributed by atoms with Crippen molar-refractivity contribution in [1.82, 2.24) is 0 Å². The molecule has 0 aliphatic carbocycles. The minimum absolute atomic E-state index is 0.123. The number of aliphatic hydroxyl groups is 1. The number of halogens is 1. The summed E-state index contributed by atoms with van der Waals surface area (Å²) in [6.07, 6.45) is 0.269. The maximum absolute atomic E-state index is 10.3. The van der Waals surface area contributed by atoms with Crippen LogP contribution in [-0.2, 0) is 4.74 Å². The van der Waals surface area contributed by atoms with E-state index in [4.69, 9.17) is 9.47 Å². The topological polar surface area (TPSA) is 38.7 Å². The highest BCUT2D eigenvalue weighted by Crippen LogP contribution is 2.33. The van der Waals surface area contributed by atoms with Crippen LogP contribution < -0.4 is 4.74 Å². The molecule has 0 spiro atoms. The molecular weight excluding hydrogens is 284 g/mol. The molecule has 1 N–H and O–H groups in total. The zero-order valence-electron chi connectivity index (χ0n) is 10.4. The van der Waals surface area contributed by atoms with Crippen molar-refractivity contribution in [2.45, 2.75) is 19.4 Å². The molecule has 1 aromatic rings. The Morgan fingerprint density at radius 2 is 2.06 bits per heavy atom. The van der Waals surface area contributed by atoms with Gasteiger partial charge in [-0.15, -0.1) is 0 Å². The van der Waals surface area contributed by atoms with E-state index in [1.54, 1.807) is 14.2 Å². The second kappa shape index (κ2) is 6.99. The van der Waals surface area contributed by atoms with Crippen LogP contribution in [0.1, 0.15) is 25.0 Å². The lowest BCUT2D eigenvalue weighted by atomic mass is 9.94.